The Bertz CT molecular complexity index is 508. The fourth-order valence-electron chi connectivity index (χ4n) is 2.03. The highest BCUT2D eigenvalue weighted by atomic mass is 19.3. The molecular weight excluding hydrogens is 284 g/mol. The second kappa shape index (κ2) is 6.98. The molecule has 0 spiro atoms. The molecule has 114 valence electrons. The van der Waals surface area contributed by atoms with Crippen molar-refractivity contribution >= 4 is 17.5 Å². The normalized spacial score (nSPS) is 18.2. The van der Waals surface area contributed by atoms with Crippen LogP contribution in [0.5, 0.6) is 5.75 Å². The van der Waals surface area contributed by atoms with Crippen LogP contribution in [-0.4, -0.2) is 37.6 Å². The lowest BCUT2D eigenvalue weighted by atomic mass is 10.1. The van der Waals surface area contributed by atoms with Crippen LogP contribution in [0.3, 0.4) is 0 Å². The SMILES string of the molecule is O=C(C[C@@H]1[NH2+]CCNC1=O)Nc1ccc(OC(F)F)cc1. The van der Waals surface area contributed by atoms with Crippen molar-refractivity contribution in [1.29, 1.82) is 0 Å². The van der Waals surface area contributed by atoms with Crippen molar-refractivity contribution in [1.82, 2.24) is 5.32 Å². The molecule has 2 amide bonds. The summed E-state index contributed by atoms with van der Waals surface area (Å²) in [4.78, 5) is 23.3. The molecule has 1 aliphatic rings. The second-order valence-electron chi connectivity index (χ2n) is 4.58. The van der Waals surface area contributed by atoms with Gasteiger partial charge >= 0.3 is 6.61 Å². The first-order chi connectivity index (χ1) is 10.0. The monoisotopic (exact) mass is 300 g/mol. The van der Waals surface area contributed by atoms with Gasteiger partial charge in [0.25, 0.3) is 5.91 Å². The van der Waals surface area contributed by atoms with E-state index in [1.54, 1.807) is 0 Å². The van der Waals surface area contributed by atoms with Crippen LogP contribution < -0.4 is 20.7 Å². The molecule has 0 saturated carbocycles. The zero-order valence-corrected chi connectivity index (χ0v) is 11.1. The summed E-state index contributed by atoms with van der Waals surface area (Å²) in [7, 11) is 0. The van der Waals surface area contributed by atoms with E-state index in [4.69, 9.17) is 0 Å². The molecule has 0 aromatic heterocycles. The summed E-state index contributed by atoms with van der Waals surface area (Å²) < 4.78 is 28.2. The van der Waals surface area contributed by atoms with Crippen LogP contribution in [0.2, 0.25) is 0 Å². The van der Waals surface area contributed by atoms with Gasteiger partial charge in [-0.1, -0.05) is 0 Å². The molecule has 21 heavy (non-hydrogen) atoms. The lowest BCUT2D eigenvalue weighted by Crippen LogP contribution is -2.96. The highest BCUT2D eigenvalue weighted by Gasteiger charge is 2.27. The highest BCUT2D eigenvalue weighted by molar-refractivity contribution is 5.94. The Labute approximate surface area is 119 Å². The van der Waals surface area contributed by atoms with E-state index < -0.39 is 12.7 Å². The van der Waals surface area contributed by atoms with Crippen LogP contribution in [0.4, 0.5) is 14.5 Å². The van der Waals surface area contributed by atoms with Crippen LogP contribution >= 0.6 is 0 Å². The molecule has 1 aromatic rings. The van der Waals surface area contributed by atoms with Gasteiger partial charge in [0.15, 0.2) is 6.04 Å². The van der Waals surface area contributed by atoms with E-state index in [-0.39, 0.29) is 24.0 Å². The number of hydrogen-bond acceptors (Lipinski definition) is 3. The molecule has 1 fully saturated rings. The molecule has 1 aliphatic heterocycles. The van der Waals surface area contributed by atoms with Crippen LogP contribution in [0.15, 0.2) is 24.3 Å². The molecule has 4 N–H and O–H groups in total. The molecular formula is C13H16F2N3O3+. The third-order valence-corrected chi connectivity index (χ3v) is 3.00. The topological polar surface area (TPSA) is 84.0 Å². The largest absolute Gasteiger partial charge is 0.435 e. The van der Waals surface area contributed by atoms with Gasteiger partial charge in [-0.05, 0) is 24.3 Å². The number of carbonyl (C=O) groups is 2. The van der Waals surface area contributed by atoms with Crippen molar-refractivity contribution in [3.63, 3.8) is 0 Å². The molecule has 0 bridgehead atoms. The van der Waals surface area contributed by atoms with Crippen molar-refractivity contribution < 1.29 is 28.4 Å². The quantitative estimate of drug-likeness (QED) is 0.697. The molecule has 1 aromatic carbocycles. The standard InChI is InChI=1S/C13H15F2N3O3/c14-13(15)21-9-3-1-8(2-4-9)18-11(19)7-10-12(20)17-6-5-16-10/h1-4,10,13,16H,5-7H2,(H,17,20)(H,18,19)/p+1/t10-/m0/s1. The number of amides is 2. The molecule has 1 heterocycles. The summed E-state index contributed by atoms with van der Waals surface area (Å²) in [5.41, 5.74) is 0.456. The van der Waals surface area contributed by atoms with Crippen molar-refractivity contribution in [2.45, 2.75) is 19.1 Å². The number of nitrogens with two attached hydrogens (primary N) is 1. The van der Waals surface area contributed by atoms with E-state index in [0.717, 1.165) is 6.54 Å². The smallest absolute Gasteiger partial charge is 0.387 e. The van der Waals surface area contributed by atoms with Gasteiger partial charge in [0, 0.05) is 5.69 Å². The van der Waals surface area contributed by atoms with Gasteiger partial charge in [0.1, 0.15) is 5.75 Å². The summed E-state index contributed by atoms with van der Waals surface area (Å²) >= 11 is 0. The first-order valence-electron chi connectivity index (χ1n) is 6.50. The summed E-state index contributed by atoms with van der Waals surface area (Å²) in [5.74, 6) is -0.448. The van der Waals surface area contributed by atoms with Crippen LogP contribution in [-0.2, 0) is 9.59 Å². The summed E-state index contributed by atoms with van der Waals surface area (Å²) in [5, 5.41) is 7.11. The summed E-state index contributed by atoms with van der Waals surface area (Å²) in [6.07, 6.45) is 0.0567. The number of piperazine rings is 1. The van der Waals surface area contributed by atoms with E-state index in [0.29, 0.717) is 12.2 Å². The molecule has 0 unspecified atom stereocenters. The highest BCUT2D eigenvalue weighted by Crippen LogP contribution is 2.17. The Hall–Kier alpha value is -2.22. The number of alkyl halides is 2. The van der Waals surface area contributed by atoms with Crippen LogP contribution in [0.1, 0.15) is 6.42 Å². The summed E-state index contributed by atoms with van der Waals surface area (Å²) in [6, 6.07) is 5.16. The molecule has 1 saturated heterocycles. The predicted octanol–water partition coefficient (Wildman–Crippen LogP) is -0.322. The lowest BCUT2D eigenvalue weighted by molar-refractivity contribution is -0.678. The first-order valence-corrected chi connectivity index (χ1v) is 6.50. The van der Waals surface area contributed by atoms with Crippen molar-refractivity contribution in [3.05, 3.63) is 24.3 Å². The number of quaternary nitrogens is 1. The van der Waals surface area contributed by atoms with Gasteiger partial charge in [-0.25, -0.2) is 0 Å². The van der Waals surface area contributed by atoms with Crippen molar-refractivity contribution in [2.75, 3.05) is 18.4 Å². The minimum absolute atomic E-state index is 0.0167. The predicted molar refractivity (Wildman–Crippen MR) is 69.9 cm³/mol. The Morgan fingerprint density at radius 1 is 1.43 bits per heavy atom. The van der Waals surface area contributed by atoms with Gasteiger partial charge < -0.3 is 20.7 Å². The van der Waals surface area contributed by atoms with E-state index in [1.165, 1.54) is 24.3 Å². The maximum atomic E-state index is 12.0. The average molecular weight is 300 g/mol. The van der Waals surface area contributed by atoms with Crippen molar-refractivity contribution in [3.8, 4) is 5.75 Å². The number of nitrogens with one attached hydrogen (secondary N) is 2. The zero-order chi connectivity index (χ0) is 15.2. The van der Waals surface area contributed by atoms with Gasteiger partial charge in [0.2, 0.25) is 5.91 Å². The fraction of sp³-hybridized carbons (Fsp3) is 0.385. The molecule has 6 nitrogen and oxygen atoms in total. The molecule has 2 rings (SSSR count). The number of carbonyl (C=O) groups excluding carboxylic acids is 2. The van der Waals surface area contributed by atoms with Gasteiger partial charge in [-0.2, -0.15) is 8.78 Å². The minimum atomic E-state index is -2.88. The number of hydrogen-bond donors (Lipinski definition) is 3. The molecule has 8 heteroatoms. The number of anilines is 1. The van der Waals surface area contributed by atoms with E-state index in [2.05, 4.69) is 15.4 Å². The van der Waals surface area contributed by atoms with E-state index in [1.807, 2.05) is 5.32 Å². The third kappa shape index (κ3) is 4.67. The average Bonchev–Trinajstić information content (AvgIpc) is 2.43. The molecule has 0 radical (unpaired) electrons. The maximum absolute atomic E-state index is 12.0. The van der Waals surface area contributed by atoms with Crippen LogP contribution in [0, 0.1) is 0 Å². The Morgan fingerprint density at radius 2 is 2.14 bits per heavy atom. The Morgan fingerprint density at radius 3 is 2.76 bits per heavy atom. The molecule has 1 atom stereocenters. The second-order valence-corrected chi connectivity index (χ2v) is 4.58. The molecule has 0 aliphatic carbocycles. The number of rotatable bonds is 5. The van der Waals surface area contributed by atoms with E-state index in [9.17, 15) is 18.4 Å². The minimum Gasteiger partial charge on any atom is -0.435 e. The number of ether oxygens (including phenoxy) is 1. The van der Waals surface area contributed by atoms with Gasteiger partial charge in [0.05, 0.1) is 19.5 Å². The van der Waals surface area contributed by atoms with E-state index >= 15 is 0 Å². The van der Waals surface area contributed by atoms with Crippen LogP contribution in [0.25, 0.3) is 0 Å². The summed E-state index contributed by atoms with van der Waals surface area (Å²) in [6.45, 7) is -1.54. The number of halogens is 2. The maximum Gasteiger partial charge on any atom is 0.387 e. The zero-order valence-electron chi connectivity index (χ0n) is 11.1. The Kier molecular flexibility index (Phi) is 5.04. The Balaban J connectivity index is 1.86. The van der Waals surface area contributed by atoms with Gasteiger partial charge in [-0.3, -0.25) is 9.59 Å². The fourth-order valence-corrected chi connectivity index (χ4v) is 2.03. The van der Waals surface area contributed by atoms with Gasteiger partial charge in [-0.15, -0.1) is 0 Å². The third-order valence-electron chi connectivity index (χ3n) is 3.00. The van der Waals surface area contributed by atoms with Crippen molar-refractivity contribution in [2.24, 2.45) is 0 Å². The first kappa shape index (κ1) is 15.2. The lowest BCUT2D eigenvalue weighted by Gasteiger charge is -2.19. The number of benzene rings is 1.